The molecule has 2 atom stereocenters. The van der Waals surface area contributed by atoms with E-state index in [0.717, 1.165) is 31.6 Å². The van der Waals surface area contributed by atoms with E-state index >= 15 is 0 Å². The number of hydrogen-bond donors (Lipinski definition) is 2. The summed E-state index contributed by atoms with van der Waals surface area (Å²) in [7, 11) is 0. The summed E-state index contributed by atoms with van der Waals surface area (Å²) in [5, 5.41) is 12.2. The average molecular weight is 293 g/mol. The van der Waals surface area contributed by atoms with Gasteiger partial charge in [0, 0.05) is 12.6 Å². The zero-order valence-electron chi connectivity index (χ0n) is 13.3. The number of ether oxygens (including phenoxy) is 1. The summed E-state index contributed by atoms with van der Waals surface area (Å²) in [6, 6.07) is 8.41. The van der Waals surface area contributed by atoms with E-state index in [1.54, 1.807) is 6.92 Å². The van der Waals surface area contributed by atoms with Crippen molar-refractivity contribution in [3.05, 3.63) is 29.8 Å². The molecule has 0 saturated carbocycles. The Morgan fingerprint density at radius 1 is 1.24 bits per heavy atom. The van der Waals surface area contributed by atoms with E-state index in [9.17, 15) is 4.79 Å². The van der Waals surface area contributed by atoms with Crippen LogP contribution in [0.5, 0.6) is 5.75 Å². The normalized spacial score (nSPS) is 13.7. The van der Waals surface area contributed by atoms with Gasteiger partial charge in [0.1, 0.15) is 12.4 Å². The van der Waals surface area contributed by atoms with Gasteiger partial charge in [0.15, 0.2) is 0 Å². The Hall–Kier alpha value is -1.55. The Morgan fingerprint density at radius 3 is 2.52 bits per heavy atom. The van der Waals surface area contributed by atoms with Gasteiger partial charge >= 0.3 is 5.97 Å². The van der Waals surface area contributed by atoms with Crippen molar-refractivity contribution in [1.82, 2.24) is 5.32 Å². The fourth-order valence-corrected chi connectivity index (χ4v) is 2.06. The van der Waals surface area contributed by atoms with Crippen LogP contribution in [-0.2, 0) is 4.79 Å². The van der Waals surface area contributed by atoms with E-state index < -0.39 is 5.97 Å². The van der Waals surface area contributed by atoms with Gasteiger partial charge in [-0.2, -0.15) is 0 Å². The van der Waals surface area contributed by atoms with Gasteiger partial charge in [0.25, 0.3) is 0 Å². The van der Waals surface area contributed by atoms with Gasteiger partial charge in [0.05, 0.1) is 5.92 Å². The minimum absolute atomic E-state index is 0.248. The third-order valence-electron chi connectivity index (χ3n) is 3.58. The van der Waals surface area contributed by atoms with E-state index in [-0.39, 0.29) is 5.92 Å². The molecule has 0 saturated heterocycles. The number of aliphatic carboxylic acids is 1. The molecule has 4 nitrogen and oxygen atoms in total. The molecule has 0 heterocycles. The lowest BCUT2D eigenvalue weighted by Crippen LogP contribution is -2.30. The summed E-state index contributed by atoms with van der Waals surface area (Å²) in [6.07, 6.45) is 2.66. The van der Waals surface area contributed by atoms with Crippen LogP contribution in [0.3, 0.4) is 0 Å². The molecule has 0 bridgehead atoms. The monoisotopic (exact) mass is 293 g/mol. The molecule has 1 aromatic carbocycles. The second kappa shape index (κ2) is 9.40. The SMILES string of the molecule is Cc1ccc(OCCNC(C)CCCC(C)C(=O)O)cc1. The Labute approximate surface area is 127 Å². The Bertz CT molecular complexity index is 417. The minimum atomic E-state index is -0.706. The highest BCUT2D eigenvalue weighted by atomic mass is 16.5. The van der Waals surface area contributed by atoms with Crippen molar-refractivity contribution in [3.63, 3.8) is 0 Å². The van der Waals surface area contributed by atoms with Crippen molar-refractivity contribution in [1.29, 1.82) is 0 Å². The minimum Gasteiger partial charge on any atom is -0.492 e. The Balaban J connectivity index is 2.06. The van der Waals surface area contributed by atoms with Crippen LogP contribution in [0, 0.1) is 12.8 Å². The second-order valence-electron chi connectivity index (χ2n) is 5.69. The number of benzene rings is 1. The third kappa shape index (κ3) is 7.71. The number of carboxylic acids is 1. The molecule has 0 amide bonds. The number of aryl methyl sites for hydroxylation is 1. The smallest absolute Gasteiger partial charge is 0.306 e. The average Bonchev–Trinajstić information content (AvgIpc) is 2.45. The summed E-state index contributed by atoms with van der Waals surface area (Å²) in [5.74, 6) is -0.0606. The molecule has 2 N–H and O–H groups in total. The molecule has 0 spiro atoms. The lowest BCUT2D eigenvalue weighted by Gasteiger charge is -2.15. The number of carboxylic acid groups (broad SMARTS) is 1. The fourth-order valence-electron chi connectivity index (χ4n) is 2.06. The molecule has 0 aliphatic rings. The van der Waals surface area contributed by atoms with E-state index in [1.807, 2.05) is 24.3 Å². The maximum atomic E-state index is 10.7. The molecule has 0 aliphatic heterocycles. The lowest BCUT2D eigenvalue weighted by molar-refractivity contribution is -0.141. The molecule has 2 unspecified atom stereocenters. The van der Waals surface area contributed by atoms with Crippen LogP contribution in [0.25, 0.3) is 0 Å². The molecule has 0 fully saturated rings. The fraction of sp³-hybridized carbons (Fsp3) is 0.588. The maximum absolute atomic E-state index is 10.7. The molecular weight excluding hydrogens is 266 g/mol. The maximum Gasteiger partial charge on any atom is 0.306 e. The highest BCUT2D eigenvalue weighted by molar-refractivity contribution is 5.69. The van der Waals surface area contributed by atoms with Crippen molar-refractivity contribution < 1.29 is 14.6 Å². The van der Waals surface area contributed by atoms with Gasteiger partial charge in [-0.25, -0.2) is 0 Å². The molecule has 118 valence electrons. The van der Waals surface area contributed by atoms with E-state index in [2.05, 4.69) is 19.2 Å². The molecule has 1 aromatic rings. The number of rotatable bonds is 10. The van der Waals surface area contributed by atoms with Crippen molar-refractivity contribution in [3.8, 4) is 5.75 Å². The van der Waals surface area contributed by atoms with Gasteiger partial charge in [-0.3, -0.25) is 4.79 Å². The Morgan fingerprint density at radius 2 is 1.90 bits per heavy atom. The van der Waals surface area contributed by atoms with Crippen molar-refractivity contribution in [2.24, 2.45) is 5.92 Å². The van der Waals surface area contributed by atoms with Crippen molar-refractivity contribution in [2.75, 3.05) is 13.2 Å². The molecule has 21 heavy (non-hydrogen) atoms. The van der Waals surface area contributed by atoms with Gasteiger partial charge in [0.2, 0.25) is 0 Å². The van der Waals surface area contributed by atoms with Crippen LogP contribution < -0.4 is 10.1 Å². The largest absolute Gasteiger partial charge is 0.492 e. The van der Waals surface area contributed by atoms with Crippen molar-refractivity contribution in [2.45, 2.75) is 46.1 Å². The van der Waals surface area contributed by atoms with Crippen LogP contribution >= 0.6 is 0 Å². The third-order valence-corrected chi connectivity index (χ3v) is 3.58. The van der Waals surface area contributed by atoms with Crippen molar-refractivity contribution >= 4 is 5.97 Å². The van der Waals surface area contributed by atoms with Crippen LogP contribution in [0.1, 0.15) is 38.7 Å². The van der Waals surface area contributed by atoms with Gasteiger partial charge in [-0.1, -0.05) is 31.0 Å². The first-order chi connectivity index (χ1) is 9.99. The van der Waals surface area contributed by atoms with Gasteiger partial charge < -0.3 is 15.2 Å². The zero-order valence-corrected chi connectivity index (χ0v) is 13.3. The van der Waals surface area contributed by atoms with Crippen LogP contribution in [0.4, 0.5) is 0 Å². The summed E-state index contributed by atoms with van der Waals surface area (Å²) in [4.78, 5) is 10.7. The topological polar surface area (TPSA) is 58.6 Å². The summed E-state index contributed by atoms with van der Waals surface area (Å²) < 4.78 is 5.65. The quantitative estimate of drug-likeness (QED) is 0.650. The molecule has 0 aromatic heterocycles. The van der Waals surface area contributed by atoms with E-state index in [0.29, 0.717) is 12.6 Å². The predicted octanol–water partition coefficient (Wildman–Crippen LogP) is 3.24. The predicted molar refractivity (Wildman–Crippen MR) is 84.8 cm³/mol. The number of carbonyl (C=O) groups is 1. The summed E-state index contributed by atoms with van der Waals surface area (Å²) >= 11 is 0. The van der Waals surface area contributed by atoms with Crippen LogP contribution in [0.2, 0.25) is 0 Å². The molecular formula is C17H27NO3. The standard InChI is InChI=1S/C17H27NO3/c1-13-7-9-16(10-8-13)21-12-11-18-15(3)6-4-5-14(2)17(19)20/h7-10,14-15,18H,4-6,11-12H2,1-3H3,(H,19,20). The van der Waals surface area contributed by atoms with Crippen LogP contribution in [-0.4, -0.2) is 30.3 Å². The molecule has 4 heteroatoms. The first-order valence-electron chi connectivity index (χ1n) is 7.64. The number of hydrogen-bond acceptors (Lipinski definition) is 3. The van der Waals surface area contributed by atoms with Gasteiger partial charge in [-0.15, -0.1) is 0 Å². The summed E-state index contributed by atoms with van der Waals surface area (Å²) in [5.41, 5.74) is 1.23. The number of nitrogens with one attached hydrogen (secondary N) is 1. The van der Waals surface area contributed by atoms with E-state index in [1.165, 1.54) is 5.56 Å². The first-order valence-corrected chi connectivity index (χ1v) is 7.64. The Kier molecular flexibility index (Phi) is 7.83. The van der Waals surface area contributed by atoms with Crippen LogP contribution in [0.15, 0.2) is 24.3 Å². The molecule has 0 aliphatic carbocycles. The van der Waals surface area contributed by atoms with Gasteiger partial charge in [-0.05, 0) is 38.8 Å². The first kappa shape index (κ1) is 17.5. The lowest BCUT2D eigenvalue weighted by atomic mass is 10.0. The zero-order chi connectivity index (χ0) is 15.7. The second-order valence-corrected chi connectivity index (χ2v) is 5.69. The highest BCUT2D eigenvalue weighted by Crippen LogP contribution is 2.11. The molecule has 0 radical (unpaired) electrons. The highest BCUT2D eigenvalue weighted by Gasteiger charge is 2.10. The van der Waals surface area contributed by atoms with E-state index in [4.69, 9.17) is 9.84 Å². The summed E-state index contributed by atoms with van der Waals surface area (Å²) in [6.45, 7) is 7.37. The molecule has 1 rings (SSSR count).